The lowest BCUT2D eigenvalue weighted by Crippen LogP contribution is -2.52. The van der Waals surface area contributed by atoms with Gasteiger partial charge in [0.15, 0.2) is 11.6 Å². The minimum Gasteiger partial charge on any atom is -0.484 e. The lowest BCUT2D eigenvalue weighted by molar-refractivity contribution is -0.0768. The zero-order valence-electron chi connectivity index (χ0n) is 18.8. The Morgan fingerprint density at radius 3 is 2.50 bits per heavy atom. The van der Waals surface area contributed by atoms with Gasteiger partial charge in [0.2, 0.25) is 0 Å². The fraction of sp³-hybridized carbons (Fsp3) is 0.536. The molecule has 2 aromatic rings. The number of benzene rings is 2. The molecular weight excluding hydrogens is 403 g/mol. The van der Waals surface area contributed by atoms with Gasteiger partial charge in [-0.25, -0.2) is 9.18 Å². The minimum atomic E-state index is -0.499. The van der Waals surface area contributed by atoms with Crippen LogP contribution in [0.2, 0.25) is 0 Å². The molecular formula is C28H31FO3. The maximum Gasteiger partial charge on any atom is 0.343 e. The fourth-order valence-corrected chi connectivity index (χ4v) is 8.09. The average Bonchev–Trinajstić information content (AvgIpc) is 3.55. The van der Waals surface area contributed by atoms with Gasteiger partial charge in [0, 0.05) is 5.92 Å². The average molecular weight is 435 g/mol. The van der Waals surface area contributed by atoms with Crippen LogP contribution in [0, 0.1) is 47.2 Å². The van der Waals surface area contributed by atoms with Crippen LogP contribution in [0.4, 0.5) is 4.39 Å². The number of para-hydroxylation sites is 1. The molecule has 0 radical (unpaired) electrons. The zero-order chi connectivity index (χ0) is 22.0. The Bertz CT molecular complexity index is 1030. The van der Waals surface area contributed by atoms with Crippen LogP contribution in [0.25, 0.3) is 0 Å². The van der Waals surface area contributed by atoms with Crippen LogP contribution < -0.4 is 9.47 Å². The Morgan fingerprint density at radius 2 is 1.75 bits per heavy atom. The monoisotopic (exact) mass is 434 g/mol. The van der Waals surface area contributed by atoms with Crippen LogP contribution in [0.5, 0.6) is 11.5 Å². The fourth-order valence-electron chi connectivity index (χ4n) is 8.09. The van der Waals surface area contributed by atoms with E-state index in [-0.39, 0.29) is 17.3 Å². The Kier molecular flexibility index (Phi) is 4.64. The van der Waals surface area contributed by atoms with E-state index in [0.717, 1.165) is 30.1 Å². The molecule has 0 N–H and O–H groups in total. The number of hydrogen-bond acceptors (Lipinski definition) is 3. The number of fused-ring (bicyclic) bond motifs is 9. The third kappa shape index (κ3) is 2.94. The molecule has 4 fully saturated rings. The second-order valence-electron chi connectivity index (χ2n) is 10.9. The molecule has 7 atom stereocenters. The van der Waals surface area contributed by atoms with Gasteiger partial charge in [-0.3, -0.25) is 0 Å². The highest BCUT2D eigenvalue weighted by Gasteiger charge is 2.68. The summed E-state index contributed by atoms with van der Waals surface area (Å²) in [6.07, 6.45) is 6.39. The summed E-state index contributed by atoms with van der Waals surface area (Å²) >= 11 is 0. The van der Waals surface area contributed by atoms with Gasteiger partial charge in [-0.05, 0) is 97.9 Å². The summed E-state index contributed by atoms with van der Waals surface area (Å²) < 4.78 is 27.1. The van der Waals surface area contributed by atoms with Crippen LogP contribution >= 0.6 is 0 Å². The van der Waals surface area contributed by atoms with E-state index in [1.165, 1.54) is 43.9 Å². The number of ether oxygens (including phenoxy) is 2. The van der Waals surface area contributed by atoms with Crippen LogP contribution in [-0.2, 0) is 0 Å². The number of esters is 1. The highest BCUT2D eigenvalue weighted by Crippen LogP contribution is 2.71. The third-order valence-electron chi connectivity index (χ3n) is 9.22. The Morgan fingerprint density at radius 1 is 1.00 bits per heavy atom. The van der Waals surface area contributed by atoms with E-state index in [2.05, 4.69) is 13.8 Å². The molecule has 0 amide bonds. The molecule has 4 saturated carbocycles. The van der Waals surface area contributed by atoms with Crippen molar-refractivity contribution < 1.29 is 18.7 Å². The van der Waals surface area contributed by atoms with Crippen molar-refractivity contribution in [2.24, 2.45) is 41.4 Å². The molecule has 32 heavy (non-hydrogen) atoms. The molecule has 3 nitrogen and oxygen atoms in total. The first-order valence-electron chi connectivity index (χ1n) is 12.2. The van der Waals surface area contributed by atoms with E-state index in [0.29, 0.717) is 23.1 Å². The van der Waals surface area contributed by atoms with E-state index < -0.39 is 11.8 Å². The lowest BCUT2D eigenvalue weighted by Gasteiger charge is -2.48. The summed E-state index contributed by atoms with van der Waals surface area (Å²) in [6, 6.07) is 13.3. The van der Waals surface area contributed by atoms with Crippen LogP contribution in [0.3, 0.4) is 0 Å². The van der Waals surface area contributed by atoms with Gasteiger partial charge in [0.25, 0.3) is 0 Å². The third-order valence-corrected chi connectivity index (χ3v) is 9.22. The van der Waals surface area contributed by atoms with Crippen molar-refractivity contribution in [1.29, 1.82) is 0 Å². The van der Waals surface area contributed by atoms with E-state index in [4.69, 9.17) is 9.47 Å². The molecule has 6 rings (SSSR count). The largest absolute Gasteiger partial charge is 0.484 e. The van der Waals surface area contributed by atoms with Gasteiger partial charge in [-0.1, -0.05) is 32.0 Å². The summed E-state index contributed by atoms with van der Waals surface area (Å²) in [4.78, 5) is 12.7. The van der Waals surface area contributed by atoms with Crippen LogP contribution in [0.1, 0.15) is 56.3 Å². The number of hydrogen-bond donors (Lipinski definition) is 0. The molecule has 7 unspecified atom stereocenters. The first kappa shape index (κ1) is 20.3. The Hall–Kier alpha value is -2.36. The van der Waals surface area contributed by atoms with Gasteiger partial charge < -0.3 is 9.47 Å². The topological polar surface area (TPSA) is 35.5 Å². The maximum atomic E-state index is 14.9. The maximum absolute atomic E-state index is 14.9. The summed E-state index contributed by atoms with van der Waals surface area (Å²) in [5.41, 5.74) is -0.0378. The van der Waals surface area contributed by atoms with Crippen molar-refractivity contribution in [3.8, 4) is 11.5 Å². The smallest absolute Gasteiger partial charge is 0.343 e. The molecule has 4 aliphatic rings. The predicted molar refractivity (Wildman–Crippen MR) is 120 cm³/mol. The zero-order valence-corrected chi connectivity index (χ0v) is 18.8. The molecule has 0 saturated heterocycles. The quantitative estimate of drug-likeness (QED) is 0.305. The van der Waals surface area contributed by atoms with Crippen molar-refractivity contribution >= 4 is 5.97 Å². The minimum absolute atomic E-state index is 0.188. The molecule has 4 bridgehead atoms. The van der Waals surface area contributed by atoms with Crippen LogP contribution in [0.15, 0.2) is 48.5 Å². The normalized spacial score (nSPS) is 36.5. The van der Waals surface area contributed by atoms with Gasteiger partial charge in [-0.2, -0.15) is 0 Å². The van der Waals surface area contributed by atoms with E-state index in [1.54, 1.807) is 12.1 Å². The molecule has 4 aliphatic carbocycles. The molecule has 4 heteroatoms. The van der Waals surface area contributed by atoms with Crippen molar-refractivity contribution in [3.05, 3.63) is 59.9 Å². The van der Waals surface area contributed by atoms with Crippen molar-refractivity contribution in [2.75, 3.05) is 0 Å². The van der Waals surface area contributed by atoms with Crippen molar-refractivity contribution in [3.63, 3.8) is 0 Å². The molecule has 0 heterocycles. The summed E-state index contributed by atoms with van der Waals surface area (Å²) in [7, 11) is 0. The van der Waals surface area contributed by atoms with Crippen molar-refractivity contribution in [1.82, 2.24) is 0 Å². The molecule has 0 spiro atoms. The number of carbonyl (C=O) groups is 1. The van der Waals surface area contributed by atoms with E-state index in [9.17, 15) is 9.18 Å². The summed E-state index contributed by atoms with van der Waals surface area (Å²) in [6.45, 7) is 4.43. The van der Waals surface area contributed by atoms with E-state index >= 15 is 0 Å². The SMILES string of the molecule is CC(C)C1(Oc2cc(C(=O)Oc3ccccc3)ccc2F)CC2CC1C1C3CCC(C3)C21. The number of carbonyl (C=O) groups excluding carboxylic acids is 1. The highest BCUT2D eigenvalue weighted by molar-refractivity contribution is 5.91. The molecule has 2 aromatic carbocycles. The summed E-state index contributed by atoms with van der Waals surface area (Å²) in [5, 5.41) is 0. The molecule has 0 aliphatic heterocycles. The molecule has 168 valence electrons. The second kappa shape index (κ2) is 7.33. The Labute approximate surface area is 189 Å². The first-order chi connectivity index (χ1) is 15.5. The first-order valence-corrected chi connectivity index (χ1v) is 12.2. The predicted octanol–water partition coefficient (Wildman–Crippen LogP) is 6.52. The van der Waals surface area contributed by atoms with E-state index in [1.807, 2.05) is 18.2 Å². The standard InChI is InChI=1S/C28H31FO3/c1-16(2)28(15-20-13-22(28)26-18-9-8-17(12-18)25(20)26)32-24-14-19(10-11-23(24)29)27(30)31-21-6-4-3-5-7-21/h3-7,10-11,14,16-18,20,22,25-26H,8-9,12-13,15H2,1-2H3. The lowest BCUT2D eigenvalue weighted by atomic mass is 9.63. The van der Waals surface area contributed by atoms with Crippen LogP contribution in [-0.4, -0.2) is 11.6 Å². The van der Waals surface area contributed by atoms with Gasteiger partial charge >= 0.3 is 5.97 Å². The number of halogens is 1. The Balaban J connectivity index is 1.28. The highest BCUT2D eigenvalue weighted by atomic mass is 19.1. The van der Waals surface area contributed by atoms with Gasteiger partial charge in [0.1, 0.15) is 11.4 Å². The van der Waals surface area contributed by atoms with Crippen molar-refractivity contribution in [2.45, 2.75) is 51.6 Å². The van der Waals surface area contributed by atoms with Gasteiger partial charge in [-0.15, -0.1) is 0 Å². The summed E-state index contributed by atoms with van der Waals surface area (Å²) in [5.74, 6) is 4.59. The number of rotatable bonds is 5. The molecule has 0 aromatic heterocycles. The van der Waals surface area contributed by atoms with Gasteiger partial charge in [0.05, 0.1) is 5.56 Å². The second-order valence-corrected chi connectivity index (χ2v) is 10.9.